The molecule has 0 saturated carbocycles. The van der Waals surface area contributed by atoms with Crippen LogP contribution in [0.1, 0.15) is 12.5 Å². The Morgan fingerprint density at radius 1 is 1.39 bits per heavy atom. The summed E-state index contributed by atoms with van der Waals surface area (Å²) in [6.07, 6.45) is 4.94. The maximum absolute atomic E-state index is 11.8. The van der Waals surface area contributed by atoms with Crippen molar-refractivity contribution in [1.29, 1.82) is 0 Å². The van der Waals surface area contributed by atoms with E-state index < -0.39 is 0 Å². The summed E-state index contributed by atoms with van der Waals surface area (Å²) in [5.41, 5.74) is 1.28. The molecule has 2 rings (SSSR count). The highest BCUT2D eigenvalue weighted by Gasteiger charge is 2.05. The molecule has 0 aliphatic carbocycles. The van der Waals surface area contributed by atoms with E-state index in [9.17, 15) is 4.79 Å². The molecular weight excluding hydrogens is 296 g/mol. The van der Waals surface area contributed by atoms with Gasteiger partial charge in [0.1, 0.15) is 5.82 Å². The van der Waals surface area contributed by atoms with Crippen molar-refractivity contribution in [1.82, 2.24) is 20.3 Å². The molecule has 2 N–H and O–H groups in total. The van der Waals surface area contributed by atoms with Crippen LogP contribution in [0.3, 0.4) is 0 Å². The zero-order valence-electron chi connectivity index (χ0n) is 9.90. The molecule has 0 unspecified atom stereocenters. The molecule has 2 heterocycles. The monoisotopic (exact) mass is 308 g/mol. The maximum Gasteiger partial charge on any atom is 0.255 e. The number of nitrogens with zero attached hydrogens (tertiary/aromatic N) is 2. The number of halogens is 1. The highest BCUT2D eigenvalue weighted by Crippen LogP contribution is 2.16. The summed E-state index contributed by atoms with van der Waals surface area (Å²) in [4.78, 5) is 22.9. The van der Waals surface area contributed by atoms with Gasteiger partial charge in [0, 0.05) is 40.7 Å². The Morgan fingerprint density at radius 3 is 2.89 bits per heavy atom. The zero-order valence-corrected chi connectivity index (χ0v) is 11.5. The first-order valence-electron chi connectivity index (χ1n) is 5.60. The Bertz CT molecular complexity index is 597. The number of aromatic amines is 1. The van der Waals surface area contributed by atoms with Crippen LogP contribution in [0.2, 0.25) is 0 Å². The molecule has 0 saturated heterocycles. The predicted molar refractivity (Wildman–Crippen MR) is 73.2 cm³/mol. The van der Waals surface area contributed by atoms with Gasteiger partial charge in [-0.1, -0.05) is 6.92 Å². The fourth-order valence-corrected chi connectivity index (χ4v) is 1.86. The van der Waals surface area contributed by atoms with Crippen LogP contribution in [0.25, 0.3) is 11.4 Å². The van der Waals surface area contributed by atoms with E-state index in [0.29, 0.717) is 17.9 Å². The van der Waals surface area contributed by atoms with E-state index in [1.54, 1.807) is 18.6 Å². The number of aromatic nitrogens is 3. The highest BCUT2D eigenvalue weighted by molar-refractivity contribution is 9.10. The molecule has 2 aromatic rings. The van der Waals surface area contributed by atoms with Crippen LogP contribution in [0, 0.1) is 0 Å². The topological polar surface area (TPSA) is 70.7 Å². The van der Waals surface area contributed by atoms with Crippen LogP contribution in [0.5, 0.6) is 0 Å². The van der Waals surface area contributed by atoms with Crippen molar-refractivity contribution in [2.75, 3.05) is 6.54 Å². The molecule has 6 heteroatoms. The Labute approximate surface area is 113 Å². The third-order valence-electron chi connectivity index (χ3n) is 2.42. The van der Waals surface area contributed by atoms with Gasteiger partial charge in [0.25, 0.3) is 5.56 Å². The largest absolute Gasteiger partial charge is 0.313 e. The van der Waals surface area contributed by atoms with Crippen molar-refractivity contribution in [2.45, 2.75) is 13.5 Å². The van der Waals surface area contributed by atoms with Crippen LogP contribution >= 0.6 is 15.9 Å². The highest BCUT2D eigenvalue weighted by atomic mass is 79.9. The minimum Gasteiger partial charge on any atom is -0.313 e. The third kappa shape index (κ3) is 3.02. The third-order valence-corrected chi connectivity index (χ3v) is 2.85. The quantitative estimate of drug-likeness (QED) is 0.902. The van der Waals surface area contributed by atoms with Gasteiger partial charge in [-0.2, -0.15) is 0 Å². The van der Waals surface area contributed by atoms with Gasteiger partial charge in [-0.3, -0.25) is 9.78 Å². The van der Waals surface area contributed by atoms with E-state index >= 15 is 0 Å². The predicted octanol–water partition coefficient (Wildman–Crippen LogP) is 1.70. The van der Waals surface area contributed by atoms with Gasteiger partial charge in [-0.05, 0) is 28.5 Å². The van der Waals surface area contributed by atoms with E-state index in [0.717, 1.165) is 16.6 Å². The Morgan fingerprint density at radius 2 is 2.22 bits per heavy atom. The van der Waals surface area contributed by atoms with E-state index in [4.69, 9.17) is 0 Å². The summed E-state index contributed by atoms with van der Waals surface area (Å²) in [6, 6.07) is 1.86. The second-order valence-electron chi connectivity index (χ2n) is 3.76. The van der Waals surface area contributed by atoms with E-state index in [2.05, 4.69) is 36.2 Å². The molecule has 0 aliphatic heterocycles. The van der Waals surface area contributed by atoms with Crippen molar-refractivity contribution in [2.24, 2.45) is 0 Å². The molecule has 0 radical (unpaired) electrons. The van der Waals surface area contributed by atoms with Gasteiger partial charge in [0.05, 0.1) is 0 Å². The minimum absolute atomic E-state index is 0.124. The number of pyridine rings is 1. The van der Waals surface area contributed by atoms with E-state index in [1.807, 2.05) is 13.0 Å². The van der Waals surface area contributed by atoms with Gasteiger partial charge in [-0.25, -0.2) is 4.98 Å². The van der Waals surface area contributed by atoms with Gasteiger partial charge in [0.15, 0.2) is 0 Å². The molecule has 0 spiro atoms. The maximum atomic E-state index is 11.8. The number of H-pyrrole nitrogens is 1. The normalized spacial score (nSPS) is 10.6. The van der Waals surface area contributed by atoms with Gasteiger partial charge < -0.3 is 10.3 Å². The molecule has 0 bridgehead atoms. The second kappa shape index (κ2) is 5.88. The van der Waals surface area contributed by atoms with Crippen LogP contribution in [0.4, 0.5) is 0 Å². The lowest BCUT2D eigenvalue weighted by atomic mass is 10.2. The van der Waals surface area contributed by atoms with E-state index in [1.165, 1.54) is 0 Å². The molecule has 18 heavy (non-hydrogen) atoms. The van der Waals surface area contributed by atoms with Gasteiger partial charge in [0.2, 0.25) is 0 Å². The van der Waals surface area contributed by atoms with Crippen LogP contribution in [-0.4, -0.2) is 21.5 Å². The van der Waals surface area contributed by atoms with Gasteiger partial charge in [-0.15, -0.1) is 0 Å². The van der Waals surface area contributed by atoms with Crippen molar-refractivity contribution in [3.63, 3.8) is 0 Å². The van der Waals surface area contributed by atoms with Crippen LogP contribution in [-0.2, 0) is 6.54 Å². The number of nitrogens with one attached hydrogen (secondary N) is 2. The lowest BCUT2D eigenvalue weighted by Gasteiger charge is -2.03. The Hall–Kier alpha value is -1.53. The summed E-state index contributed by atoms with van der Waals surface area (Å²) in [5, 5.41) is 3.09. The molecular formula is C12H13BrN4O. The summed E-state index contributed by atoms with van der Waals surface area (Å²) < 4.78 is 0.847. The molecule has 0 atom stereocenters. The fraction of sp³-hybridized carbons (Fsp3) is 0.250. The molecule has 5 nitrogen and oxygen atoms in total. The van der Waals surface area contributed by atoms with Crippen molar-refractivity contribution < 1.29 is 0 Å². The number of hydrogen-bond acceptors (Lipinski definition) is 4. The Balaban J connectivity index is 2.31. The fourth-order valence-electron chi connectivity index (χ4n) is 1.49. The molecule has 0 amide bonds. The first kappa shape index (κ1) is 12.9. The lowest BCUT2D eigenvalue weighted by molar-refractivity contribution is 0.716. The number of rotatable bonds is 4. The number of hydrogen-bond donors (Lipinski definition) is 2. The van der Waals surface area contributed by atoms with Gasteiger partial charge >= 0.3 is 0 Å². The second-order valence-corrected chi connectivity index (χ2v) is 4.67. The molecule has 94 valence electrons. The lowest BCUT2D eigenvalue weighted by Crippen LogP contribution is -2.21. The first-order valence-corrected chi connectivity index (χ1v) is 6.40. The SMILES string of the molecule is CCNCc1cnc(-c2cncc(Br)c2)[nH]c1=O. The summed E-state index contributed by atoms with van der Waals surface area (Å²) in [5.74, 6) is 0.522. The standard InChI is InChI=1S/C12H13BrN4O/c1-2-14-5-9-6-16-11(17-12(9)18)8-3-10(13)7-15-4-8/h3-4,6-7,14H,2,5H2,1H3,(H,16,17,18). The van der Waals surface area contributed by atoms with Crippen molar-refractivity contribution in [3.8, 4) is 11.4 Å². The molecule has 2 aromatic heterocycles. The van der Waals surface area contributed by atoms with Crippen LogP contribution < -0.4 is 10.9 Å². The molecule has 0 aliphatic rings. The molecule has 0 fully saturated rings. The zero-order chi connectivity index (χ0) is 13.0. The summed E-state index contributed by atoms with van der Waals surface area (Å²) >= 11 is 3.33. The van der Waals surface area contributed by atoms with Crippen molar-refractivity contribution >= 4 is 15.9 Å². The summed E-state index contributed by atoms with van der Waals surface area (Å²) in [7, 11) is 0. The Kier molecular flexibility index (Phi) is 4.22. The minimum atomic E-state index is -0.124. The smallest absolute Gasteiger partial charge is 0.255 e. The van der Waals surface area contributed by atoms with Crippen LogP contribution in [0.15, 0.2) is 33.9 Å². The average Bonchev–Trinajstić information content (AvgIpc) is 2.37. The average molecular weight is 309 g/mol. The van der Waals surface area contributed by atoms with Crippen molar-refractivity contribution in [3.05, 3.63) is 45.0 Å². The summed E-state index contributed by atoms with van der Waals surface area (Å²) in [6.45, 7) is 3.33. The first-order chi connectivity index (χ1) is 8.70. The molecule has 0 aromatic carbocycles. The van der Waals surface area contributed by atoms with E-state index in [-0.39, 0.29) is 5.56 Å².